The van der Waals surface area contributed by atoms with Crippen LogP contribution < -0.4 is 4.89 Å². The Morgan fingerprint density at radius 1 is 1.50 bits per heavy atom. The zero-order valence-electron chi connectivity index (χ0n) is 6.44. The second kappa shape index (κ2) is 3.23. The first kappa shape index (κ1) is 8.55. The number of phenolic OH excluding ortho intramolecular Hbond substituents is 1. The van der Waals surface area contributed by atoms with E-state index in [1.54, 1.807) is 0 Å². The van der Waals surface area contributed by atoms with E-state index in [0.29, 0.717) is 0 Å². The summed E-state index contributed by atoms with van der Waals surface area (Å²) in [6.07, 6.45) is 0. The Kier molecular flexibility index (Phi) is 2.30. The zero-order valence-corrected chi connectivity index (χ0v) is 6.44. The molecule has 64 valence electrons. The Morgan fingerprint density at radius 3 is 2.67 bits per heavy atom. The molecule has 0 aliphatic carbocycles. The fraction of sp³-hybridized carbons (Fsp3) is 0.125. The van der Waals surface area contributed by atoms with Gasteiger partial charge in [0.25, 0.3) is 0 Å². The van der Waals surface area contributed by atoms with Crippen molar-refractivity contribution in [2.45, 2.75) is 6.92 Å². The van der Waals surface area contributed by atoms with Crippen molar-refractivity contribution < 1.29 is 20.0 Å². The van der Waals surface area contributed by atoms with Gasteiger partial charge in [-0.05, 0) is 19.1 Å². The molecule has 0 spiro atoms. The first-order valence-electron chi connectivity index (χ1n) is 3.30. The highest BCUT2D eigenvalue weighted by Crippen LogP contribution is 2.23. The summed E-state index contributed by atoms with van der Waals surface area (Å²) in [7, 11) is 0. The summed E-state index contributed by atoms with van der Waals surface area (Å²) in [5, 5.41) is 17.3. The van der Waals surface area contributed by atoms with Crippen molar-refractivity contribution in [2.75, 3.05) is 0 Å². The Balaban J connectivity index is 3.20. The lowest BCUT2D eigenvalue weighted by atomic mass is 10.1. The number of hydrogen-bond donors (Lipinski definition) is 2. The summed E-state index contributed by atoms with van der Waals surface area (Å²) >= 11 is 0. The molecule has 4 nitrogen and oxygen atoms in total. The molecule has 0 fully saturated rings. The predicted molar refractivity (Wildman–Crippen MR) is 41.4 cm³/mol. The predicted octanol–water partition coefficient (Wildman–Crippen LogP) is 1.45. The van der Waals surface area contributed by atoms with Crippen molar-refractivity contribution in [3.8, 4) is 11.5 Å². The third-order valence-electron chi connectivity index (χ3n) is 1.44. The molecule has 4 heteroatoms. The molecule has 0 unspecified atom stereocenters. The molecule has 1 aromatic carbocycles. The molecule has 0 saturated carbocycles. The van der Waals surface area contributed by atoms with E-state index in [-0.39, 0.29) is 22.8 Å². The number of ketones is 1. The van der Waals surface area contributed by atoms with E-state index >= 15 is 0 Å². The monoisotopic (exact) mass is 168 g/mol. The molecule has 0 radical (unpaired) electrons. The molecular weight excluding hydrogens is 160 g/mol. The summed E-state index contributed by atoms with van der Waals surface area (Å²) in [4.78, 5) is 14.8. The van der Waals surface area contributed by atoms with Gasteiger partial charge in [0.1, 0.15) is 5.75 Å². The highest BCUT2D eigenvalue weighted by molar-refractivity contribution is 5.96. The first-order valence-corrected chi connectivity index (χ1v) is 3.30. The van der Waals surface area contributed by atoms with Crippen molar-refractivity contribution >= 4 is 5.78 Å². The zero-order chi connectivity index (χ0) is 9.14. The van der Waals surface area contributed by atoms with Gasteiger partial charge in [-0.15, -0.1) is 0 Å². The molecular formula is C8H8O4. The maximum Gasteiger partial charge on any atom is 0.179 e. The number of carbonyl (C=O) groups is 1. The van der Waals surface area contributed by atoms with Gasteiger partial charge in [0.15, 0.2) is 11.5 Å². The van der Waals surface area contributed by atoms with Gasteiger partial charge in [-0.2, -0.15) is 0 Å². The molecule has 1 aromatic rings. The maximum absolute atomic E-state index is 10.9. The Labute approximate surface area is 69.0 Å². The molecule has 0 aliphatic rings. The standard InChI is InChI=1S/C8H8O4/c1-5(9)7-3-2-6(10)4-8(7)12-11/h2-4,10-11H,1H3. The van der Waals surface area contributed by atoms with Crippen molar-refractivity contribution in [1.82, 2.24) is 0 Å². The summed E-state index contributed by atoms with van der Waals surface area (Å²) in [6.45, 7) is 1.34. The quantitative estimate of drug-likeness (QED) is 0.398. The number of phenols is 1. The fourth-order valence-corrected chi connectivity index (χ4v) is 0.877. The molecule has 0 amide bonds. The smallest absolute Gasteiger partial charge is 0.179 e. The topological polar surface area (TPSA) is 66.8 Å². The van der Waals surface area contributed by atoms with E-state index in [0.717, 1.165) is 6.07 Å². The normalized spacial score (nSPS) is 9.50. The van der Waals surface area contributed by atoms with Crippen molar-refractivity contribution in [3.63, 3.8) is 0 Å². The second-order valence-corrected chi connectivity index (χ2v) is 2.33. The van der Waals surface area contributed by atoms with Crippen LogP contribution in [0.2, 0.25) is 0 Å². The van der Waals surface area contributed by atoms with Gasteiger partial charge in [0, 0.05) is 6.07 Å². The molecule has 0 atom stereocenters. The minimum atomic E-state index is -0.237. The largest absolute Gasteiger partial charge is 0.508 e. The molecule has 0 heterocycles. The van der Waals surface area contributed by atoms with Gasteiger partial charge in [-0.25, -0.2) is 5.26 Å². The number of Topliss-reactive ketones (excluding diaryl/α,β-unsaturated/α-hetero) is 1. The van der Waals surface area contributed by atoms with E-state index < -0.39 is 0 Å². The lowest BCUT2D eigenvalue weighted by Crippen LogP contribution is -1.96. The average molecular weight is 168 g/mol. The number of aromatic hydroxyl groups is 1. The number of carbonyl (C=O) groups excluding carboxylic acids is 1. The molecule has 2 N–H and O–H groups in total. The lowest BCUT2D eigenvalue weighted by molar-refractivity contribution is -0.138. The number of benzene rings is 1. The lowest BCUT2D eigenvalue weighted by Gasteiger charge is -2.02. The van der Waals surface area contributed by atoms with Crippen LogP contribution in [0.15, 0.2) is 18.2 Å². The van der Waals surface area contributed by atoms with Crippen LogP contribution in [0.3, 0.4) is 0 Å². The summed E-state index contributed by atoms with van der Waals surface area (Å²) < 4.78 is 0. The van der Waals surface area contributed by atoms with Gasteiger partial charge >= 0.3 is 0 Å². The van der Waals surface area contributed by atoms with Crippen molar-refractivity contribution in [1.29, 1.82) is 0 Å². The first-order chi connectivity index (χ1) is 5.65. The minimum Gasteiger partial charge on any atom is -0.508 e. The van der Waals surface area contributed by atoms with E-state index in [1.807, 2.05) is 0 Å². The number of hydrogen-bond acceptors (Lipinski definition) is 4. The van der Waals surface area contributed by atoms with Crippen molar-refractivity contribution in [2.24, 2.45) is 0 Å². The highest BCUT2D eigenvalue weighted by Gasteiger charge is 2.08. The fourth-order valence-electron chi connectivity index (χ4n) is 0.877. The van der Waals surface area contributed by atoms with E-state index in [2.05, 4.69) is 4.89 Å². The SMILES string of the molecule is CC(=O)c1ccc(O)cc1OO. The second-order valence-electron chi connectivity index (χ2n) is 2.33. The number of rotatable bonds is 2. The van der Waals surface area contributed by atoms with Gasteiger partial charge in [-0.1, -0.05) is 0 Å². The van der Waals surface area contributed by atoms with E-state index in [9.17, 15) is 4.79 Å². The molecule has 1 rings (SSSR count). The van der Waals surface area contributed by atoms with Crippen LogP contribution in [0, 0.1) is 0 Å². The molecule has 0 aromatic heterocycles. The van der Waals surface area contributed by atoms with Crippen LogP contribution in [-0.4, -0.2) is 16.1 Å². The minimum absolute atomic E-state index is 0.0394. The van der Waals surface area contributed by atoms with Crippen LogP contribution >= 0.6 is 0 Å². The Morgan fingerprint density at radius 2 is 2.17 bits per heavy atom. The third kappa shape index (κ3) is 1.54. The van der Waals surface area contributed by atoms with Gasteiger partial charge in [-0.3, -0.25) is 4.79 Å². The molecule has 0 aliphatic heterocycles. The van der Waals surface area contributed by atoms with E-state index in [1.165, 1.54) is 19.1 Å². The van der Waals surface area contributed by atoms with Gasteiger partial charge in [0.05, 0.1) is 5.56 Å². The highest BCUT2D eigenvalue weighted by atomic mass is 17.1. The average Bonchev–Trinajstić information content (AvgIpc) is 2.03. The van der Waals surface area contributed by atoms with Crippen molar-refractivity contribution in [3.05, 3.63) is 23.8 Å². The molecule has 0 saturated heterocycles. The molecule has 12 heavy (non-hydrogen) atoms. The van der Waals surface area contributed by atoms with E-state index in [4.69, 9.17) is 10.4 Å². The van der Waals surface area contributed by atoms with Gasteiger partial charge < -0.3 is 9.99 Å². The third-order valence-corrected chi connectivity index (χ3v) is 1.44. The summed E-state index contributed by atoms with van der Waals surface area (Å²) in [6, 6.07) is 3.89. The van der Waals surface area contributed by atoms with Crippen LogP contribution in [-0.2, 0) is 0 Å². The molecule has 0 bridgehead atoms. The summed E-state index contributed by atoms with van der Waals surface area (Å²) in [5.74, 6) is -0.342. The Hall–Kier alpha value is -1.55. The Bertz CT molecular complexity index is 306. The summed E-state index contributed by atoms with van der Waals surface area (Å²) in [5.41, 5.74) is 0.232. The van der Waals surface area contributed by atoms with Crippen LogP contribution in [0.4, 0.5) is 0 Å². The van der Waals surface area contributed by atoms with Crippen LogP contribution in [0.25, 0.3) is 0 Å². The van der Waals surface area contributed by atoms with Crippen LogP contribution in [0.1, 0.15) is 17.3 Å². The maximum atomic E-state index is 10.9. The van der Waals surface area contributed by atoms with Crippen LogP contribution in [0.5, 0.6) is 11.5 Å². The van der Waals surface area contributed by atoms with Gasteiger partial charge in [0.2, 0.25) is 0 Å².